The largest absolute Gasteiger partial charge is 0.416 e. The first-order valence-corrected chi connectivity index (χ1v) is 9.02. The Hall–Kier alpha value is -2.34. The van der Waals surface area contributed by atoms with Crippen molar-refractivity contribution in [2.24, 2.45) is 0 Å². The molecule has 0 atom stereocenters. The quantitative estimate of drug-likeness (QED) is 0.518. The third-order valence-corrected chi connectivity index (χ3v) is 4.94. The third-order valence-electron chi connectivity index (χ3n) is 3.95. The molecule has 134 valence electrons. The van der Waals surface area contributed by atoms with Gasteiger partial charge in [0, 0.05) is 11.3 Å². The summed E-state index contributed by atoms with van der Waals surface area (Å²) in [5.74, 6) is 0.404. The van der Waals surface area contributed by atoms with Gasteiger partial charge in [-0.15, -0.1) is 10.2 Å². The van der Waals surface area contributed by atoms with Crippen LogP contribution in [0.15, 0.2) is 59.6 Å². The summed E-state index contributed by atoms with van der Waals surface area (Å²) < 4.78 is 38.3. The Bertz CT molecular complexity index is 906. The van der Waals surface area contributed by atoms with Crippen LogP contribution in [0.25, 0.3) is 11.3 Å². The van der Waals surface area contributed by atoms with E-state index in [-0.39, 0.29) is 0 Å². The van der Waals surface area contributed by atoms with Crippen molar-refractivity contribution in [3.63, 3.8) is 0 Å². The first kappa shape index (κ1) is 18.5. The number of rotatable bonds is 4. The topological polar surface area (TPSA) is 25.8 Å². The van der Waals surface area contributed by atoms with E-state index in [1.807, 2.05) is 38.1 Å². The van der Waals surface area contributed by atoms with Gasteiger partial charge in [0.1, 0.15) is 5.03 Å². The number of thioether (sulfide) groups is 1. The smallest absolute Gasteiger partial charge is 0.166 e. The van der Waals surface area contributed by atoms with Crippen molar-refractivity contribution < 1.29 is 13.2 Å². The average molecular weight is 374 g/mol. The molecule has 0 saturated heterocycles. The third kappa shape index (κ3) is 4.43. The molecule has 0 aliphatic carbocycles. The average Bonchev–Trinajstić information content (AvgIpc) is 2.62. The van der Waals surface area contributed by atoms with E-state index in [1.165, 1.54) is 23.9 Å². The molecule has 0 aliphatic heterocycles. The second kappa shape index (κ2) is 7.50. The summed E-state index contributed by atoms with van der Waals surface area (Å²) in [5, 5.41) is 9.15. The standard InChI is InChI=1S/C20H17F3N2S/c1-13-6-7-14(2)17(10-13)18-8-9-19(25-24-18)26-12-15-4-3-5-16(11-15)20(21,22)23/h3-11H,12H2,1-2H3. The summed E-state index contributed by atoms with van der Waals surface area (Å²) in [6.07, 6.45) is -4.33. The van der Waals surface area contributed by atoms with Gasteiger partial charge in [0.15, 0.2) is 0 Å². The molecule has 2 aromatic carbocycles. The number of alkyl halides is 3. The second-order valence-corrected chi connectivity index (χ2v) is 7.06. The van der Waals surface area contributed by atoms with E-state index < -0.39 is 11.7 Å². The van der Waals surface area contributed by atoms with Crippen LogP contribution in [0.1, 0.15) is 22.3 Å². The van der Waals surface area contributed by atoms with Crippen LogP contribution in [-0.2, 0) is 11.9 Å². The SMILES string of the molecule is Cc1ccc(C)c(-c2ccc(SCc3cccc(C(F)(F)F)c3)nn2)c1. The Morgan fingerprint density at radius 2 is 1.73 bits per heavy atom. The fourth-order valence-corrected chi connectivity index (χ4v) is 3.30. The molecule has 0 amide bonds. The lowest BCUT2D eigenvalue weighted by atomic mass is 10.0. The Morgan fingerprint density at radius 1 is 0.923 bits per heavy atom. The lowest BCUT2D eigenvalue weighted by Gasteiger charge is -2.09. The minimum atomic E-state index is -4.33. The van der Waals surface area contributed by atoms with Crippen LogP contribution in [-0.4, -0.2) is 10.2 Å². The monoisotopic (exact) mass is 374 g/mol. The Balaban J connectivity index is 1.71. The molecule has 1 aromatic heterocycles. The molecule has 0 fully saturated rings. The molecule has 0 N–H and O–H groups in total. The number of aromatic nitrogens is 2. The highest BCUT2D eigenvalue weighted by Crippen LogP contribution is 2.31. The van der Waals surface area contributed by atoms with Crippen molar-refractivity contribution in [1.82, 2.24) is 10.2 Å². The molecule has 0 radical (unpaired) electrons. The number of nitrogens with zero attached hydrogens (tertiary/aromatic N) is 2. The molecule has 1 heterocycles. The van der Waals surface area contributed by atoms with Gasteiger partial charge < -0.3 is 0 Å². The van der Waals surface area contributed by atoms with Crippen molar-refractivity contribution in [3.05, 3.63) is 76.9 Å². The van der Waals surface area contributed by atoms with Crippen LogP contribution in [0, 0.1) is 13.8 Å². The molecule has 0 unspecified atom stereocenters. The van der Waals surface area contributed by atoms with E-state index >= 15 is 0 Å². The summed E-state index contributed by atoms with van der Waals surface area (Å²) in [4.78, 5) is 0. The highest BCUT2D eigenvalue weighted by Gasteiger charge is 2.30. The van der Waals surface area contributed by atoms with Crippen molar-refractivity contribution in [2.75, 3.05) is 0 Å². The van der Waals surface area contributed by atoms with Gasteiger partial charge in [0.25, 0.3) is 0 Å². The van der Waals surface area contributed by atoms with Crippen LogP contribution < -0.4 is 0 Å². The van der Waals surface area contributed by atoms with Crippen LogP contribution >= 0.6 is 11.8 Å². The maximum absolute atomic E-state index is 12.8. The molecule has 2 nitrogen and oxygen atoms in total. The molecule has 0 bridgehead atoms. The summed E-state index contributed by atoms with van der Waals surface area (Å²) in [6.45, 7) is 4.04. The Kier molecular flexibility index (Phi) is 5.32. The number of aryl methyl sites for hydroxylation is 2. The first-order valence-electron chi connectivity index (χ1n) is 8.03. The summed E-state index contributed by atoms with van der Waals surface area (Å²) in [6, 6.07) is 15.3. The zero-order valence-electron chi connectivity index (χ0n) is 14.3. The van der Waals surface area contributed by atoms with E-state index in [0.717, 1.165) is 28.5 Å². The minimum absolute atomic E-state index is 0.404. The molecule has 6 heteroatoms. The normalized spacial score (nSPS) is 11.6. The number of benzene rings is 2. The zero-order chi connectivity index (χ0) is 18.7. The van der Waals surface area contributed by atoms with E-state index in [4.69, 9.17) is 0 Å². The highest BCUT2D eigenvalue weighted by molar-refractivity contribution is 7.98. The Labute approximate surface area is 154 Å². The summed E-state index contributed by atoms with van der Waals surface area (Å²) in [7, 11) is 0. The van der Waals surface area contributed by atoms with E-state index in [0.29, 0.717) is 16.3 Å². The first-order chi connectivity index (χ1) is 12.3. The summed E-state index contributed by atoms with van der Waals surface area (Å²) in [5.41, 5.74) is 4.06. The predicted molar refractivity (Wildman–Crippen MR) is 97.9 cm³/mol. The van der Waals surface area contributed by atoms with E-state index in [1.54, 1.807) is 6.07 Å². The fourth-order valence-electron chi connectivity index (χ4n) is 2.55. The number of hydrogen-bond donors (Lipinski definition) is 0. The molecular weight excluding hydrogens is 357 g/mol. The van der Waals surface area contributed by atoms with E-state index in [2.05, 4.69) is 16.3 Å². The molecule has 26 heavy (non-hydrogen) atoms. The van der Waals surface area contributed by atoms with Gasteiger partial charge in [0.2, 0.25) is 0 Å². The number of halogens is 3. The molecule has 3 rings (SSSR count). The molecule has 0 aliphatic rings. The van der Waals surface area contributed by atoms with Gasteiger partial charge in [-0.2, -0.15) is 13.2 Å². The highest BCUT2D eigenvalue weighted by atomic mass is 32.2. The second-order valence-electron chi connectivity index (χ2n) is 6.06. The lowest BCUT2D eigenvalue weighted by Crippen LogP contribution is -2.04. The van der Waals surface area contributed by atoms with E-state index in [9.17, 15) is 13.2 Å². The van der Waals surface area contributed by atoms with Crippen LogP contribution in [0.4, 0.5) is 13.2 Å². The van der Waals surface area contributed by atoms with Crippen LogP contribution in [0.5, 0.6) is 0 Å². The van der Waals surface area contributed by atoms with Crippen molar-refractivity contribution in [1.29, 1.82) is 0 Å². The predicted octanol–water partition coefficient (Wildman–Crippen LogP) is 6.07. The van der Waals surface area contributed by atoms with Crippen molar-refractivity contribution >= 4 is 11.8 Å². The van der Waals surface area contributed by atoms with Gasteiger partial charge >= 0.3 is 6.18 Å². The van der Waals surface area contributed by atoms with Gasteiger partial charge in [-0.1, -0.05) is 47.7 Å². The molecule has 0 spiro atoms. The number of hydrogen-bond acceptors (Lipinski definition) is 3. The maximum atomic E-state index is 12.8. The maximum Gasteiger partial charge on any atom is 0.416 e. The molecule has 3 aromatic rings. The van der Waals surface area contributed by atoms with Gasteiger partial charge in [-0.3, -0.25) is 0 Å². The molecule has 0 saturated carbocycles. The fraction of sp³-hybridized carbons (Fsp3) is 0.200. The summed E-state index contributed by atoms with van der Waals surface area (Å²) >= 11 is 1.36. The zero-order valence-corrected chi connectivity index (χ0v) is 15.2. The minimum Gasteiger partial charge on any atom is -0.166 e. The Morgan fingerprint density at radius 3 is 2.42 bits per heavy atom. The molecular formula is C20H17F3N2S. The lowest BCUT2D eigenvalue weighted by molar-refractivity contribution is -0.137. The van der Waals surface area contributed by atoms with Crippen molar-refractivity contribution in [3.8, 4) is 11.3 Å². The van der Waals surface area contributed by atoms with Crippen LogP contribution in [0.3, 0.4) is 0 Å². The van der Waals surface area contributed by atoms with Crippen molar-refractivity contribution in [2.45, 2.75) is 30.8 Å². The van der Waals surface area contributed by atoms with Gasteiger partial charge in [0.05, 0.1) is 11.3 Å². The van der Waals surface area contributed by atoms with Gasteiger partial charge in [-0.05, 0) is 49.2 Å². The van der Waals surface area contributed by atoms with Gasteiger partial charge in [-0.25, -0.2) is 0 Å². The van der Waals surface area contributed by atoms with Crippen LogP contribution in [0.2, 0.25) is 0 Å².